The van der Waals surface area contributed by atoms with Crippen molar-refractivity contribution in [2.75, 3.05) is 52.1 Å². The van der Waals surface area contributed by atoms with Crippen LogP contribution < -0.4 is 10.2 Å². The smallest absolute Gasteiger partial charge is 0.242 e. The molecule has 0 aromatic heterocycles. The van der Waals surface area contributed by atoms with Crippen molar-refractivity contribution < 1.29 is 9.69 Å². The third-order valence-corrected chi connectivity index (χ3v) is 4.72. The van der Waals surface area contributed by atoms with Crippen LogP contribution in [0.4, 0.5) is 5.69 Å². The Morgan fingerprint density at radius 3 is 2.48 bits per heavy atom. The second-order valence-corrected chi connectivity index (χ2v) is 6.56. The topological polar surface area (TPSA) is 40.0 Å². The highest BCUT2D eigenvalue weighted by atomic mass is 32.1. The largest absolute Gasteiger partial charge is 0.343 e. The van der Waals surface area contributed by atoms with Gasteiger partial charge in [-0.3, -0.25) is 4.79 Å². The van der Waals surface area contributed by atoms with E-state index in [0.29, 0.717) is 11.7 Å². The molecule has 0 saturated carbocycles. The molecule has 1 aliphatic heterocycles. The molecule has 5 nitrogen and oxygen atoms in total. The van der Waals surface area contributed by atoms with Gasteiger partial charge in [0, 0.05) is 12.7 Å². The second kappa shape index (κ2) is 8.26. The van der Waals surface area contributed by atoms with E-state index in [0.717, 1.165) is 38.3 Å². The van der Waals surface area contributed by atoms with E-state index in [1.54, 1.807) is 4.90 Å². The molecule has 1 heterocycles. The number of anilines is 1. The number of benzene rings is 1. The first-order chi connectivity index (χ1) is 11.0. The van der Waals surface area contributed by atoms with Crippen LogP contribution in [0.25, 0.3) is 0 Å². The minimum Gasteiger partial charge on any atom is -0.343 e. The standard InChI is InChI=1S/C17H26N4OS/c1-4-14-5-7-15(8-6-14)18-17(23)20(3)13-16(22)21-11-9-19(2)10-12-21/h5-8H,4,9-13H2,1-3H3,(H,18,23)/p+1. The van der Waals surface area contributed by atoms with Crippen LogP contribution in [-0.4, -0.2) is 67.6 Å². The average molecular weight is 335 g/mol. The Morgan fingerprint density at radius 1 is 1.30 bits per heavy atom. The van der Waals surface area contributed by atoms with Gasteiger partial charge in [0.25, 0.3) is 0 Å². The van der Waals surface area contributed by atoms with Crippen molar-refractivity contribution in [1.29, 1.82) is 0 Å². The normalized spacial score (nSPS) is 15.3. The summed E-state index contributed by atoms with van der Waals surface area (Å²) in [5.74, 6) is 0.144. The van der Waals surface area contributed by atoms with Gasteiger partial charge in [-0.1, -0.05) is 19.1 Å². The summed E-state index contributed by atoms with van der Waals surface area (Å²) in [6.07, 6.45) is 1.02. The van der Waals surface area contributed by atoms with Gasteiger partial charge in [0.2, 0.25) is 5.91 Å². The molecule has 2 N–H and O–H groups in total. The summed E-state index contributed by atoms with van der Waals surface area (Å²) in [4.78, 5) is 17.6. The summed E-state index contributed by atoms with van der Waals surface area (Å²) in [6.45, 7) is 6.14. The van der Waals surface area contributed by atoms with Crippen molar-refractivity contribution in [2.45, 2.75) is 13.3 Å². The number of carbonyl (C=O) groups excluding carboxylic acids is 1. The molecule has 0 aliphatic carbocycles. The lowest BCUT2D eigenvalue weighted by Crippen LogP contribution is -3.12. The first kappa shape index (κ1) is 17.7. The van der Waals surface area contributed by atoms with E-state index in [1.165, 1.54) is 10.5 Å². The van der Waals surface area contributed by atoms with Crippen LogP contribution in [0, 0.1) is 0 Å². The van der Waals surface area contributed by atoms with E-state index in [2.05, 4.69) is 31.4 Å². The molecule has 23 heavy (non-hydrogen) atoms. The number of aryl methyl sites for hydroxylation is 1. The number of carbonyl (C=O) groups is 1. The number of nitrogens with one attached hydrogen (secondary N) is 2. The Balaban J connectivity index is 1.83. The van der Waals surface area contributed by atoms with Crippen LogP contribution in [0.2, 0.25) is 0 Å². The Kier molecular flexibility index (Phi) is 6.36. The molecule has 2 rings (SSSR count). The third kappa shape index (κ3) is 5.18. The number of thiocarbonyl (C=S) groups is 1. The van der Waals surface area contributed by atoms with Gasteiger partial charge in [0.05, 0.1) is 39.8 Å². The molecular weight excluding hydrogens is 308 g/mol. The van der Waals surface area contributed by atoms with Gasteiger partial charge in [-0.25, -0.2) is 0 Å². The van der Waals surface area contributed by atoms with Crippen LogP contribution in [0.3, 0.4) is 0 Å². The van der Waals surface area contributed by atoms with Crippen LogP contribution in [0.15, 0.2) is 24.3 Å². The zero-order valence-electron chi connectivity index (χ0n) is 14.3. The SMILES string of the molecule is CCc1ccc(NC(=S)N(C)CC(=O)N2CC[NH+](C)CC2)cc1. The number of likely N-dealkylation sites (N-methyl/N-ethyl adjacent to an activating group) is 2. The molecule has 0 bridgehead atoms. The minimum absolute atomic E-state index is 0.144. The van der Waals surface area contributed by atoms with Crippen molar-refractivity contribution in [3.8, 4) is 0 Å². The summed E-state index contributed by atoms with van der Waals surface area (Å²) in [7, 11) is 4.02. The van der Waals surface area contributed by atoms with Crippen molar-refractivity contribution in [3.05, 3.63) is 29.8 Å². The van der Waals surface area contributed by atoms with Crippen molar-refractivity contribution in [3.63, 3.8) is 0 Å². The minimum atomic E-state index is 0.144. The lowest BCUT2D eigenvalue weighted by atomic mass is 10.1. The number of piperazine rings is 1. The molecule has 0 spiro atoms. The third-order valence-electron chi connectivity index (χ3n) is 4.30. The lowest BCUT2D eigenvalue weighted by molar-refractivity contribution is -0.883. The van der Waals surface area contributed by atoms with E-state index in [9.17, 15) is 4.79 Å². The van der Waals surface area contributed by atoms with Crippen LogP contribution in [0.5, 0.6) is 0 Å². The fraction of sp³-hybridized carbons (Fsp3) is 0.529. The van der Waals surface area contributed by atoms with Gasteiger partial charge in [-0.15, -0.1) is 0 Å². The van der Waals surface area contributed by atoms with E-state index < -0.39 is 0 Å². The molecular formula is C17H27N4OS+. The van der Waals surface area contributed by atoms with Gasteiger partial charge in [0.15, 0.2) is 5.11 Å². The summed E-state index contributed by atoms with van der Waals surface area (Å²) in [5.41, 5.74) is 2.25. The first-order valence-electron chi connectivity index (χ1n) is 8.19. The number of quaternary nitrogens is 1. The maximum absolute atomic E-state index is 12.3. The van der Waals surface area contributed by atoms with Crippen LogP contribution in [-0.2, 0) is 11.2 Å². The Morgan fingerprint density at radius 2 is 1.91 bits per heavy atom. The summed E-state index contributed by atoms with van der Waals surface area (Å²) in [5, 5.41) is 3.76. The highest BCUT2D eigenvalue weighted by Gasteiger charge is 2.22. The molecule has 1 aliphatic rings. The number of hydrogen-bond donors (Lipinski definition) is 2. The van der Waals surface area contributed by atoms with Crippen molar-refractivity contribution >= 4 is 28.9 Å². The van der Waals surface area contributed by atoms with Crippen LogP contribution >= 0.6 is 12.2 Å². The molecule has 0 unspecified atom stereocenters. The van der Waals surface area contributed by atoms with Crippen LogP contribution in [0.1, 0.15) is 12.5 Å². The summed E-state index contributed by atoms with van der Waals surface area (Å²) < 4.78 is 0. The van der Waals surface area contributed by atoms with E-state index in [-0.39, 0.29) is 5.91 Å². The molecule has 1 amide bonds. The molecule has 1 fully saturated rings. The molecule has 0 atom stereocenters. The first-order valence-corrected chi connectivity index (χ1v) is 8.60. The average Bonchev–Trinajstić information content (AvgIpc) is 2.56. The predicted molar refractivity (Wildman–Crippen MR) is 97.9 cm³/mol. The zero-order chi connectivity index (χ0) is 16.8. The Labute approximate surface area is 144 Å². The van der Waals surface area contributed by atoms with E-state index in [1.807, 2.05) is 24.1 Å². The van der Waals surface area contributed by atoms with E-state index >= 15 is 0 Å². The highest BCUT2D eigenvalue weighted by molar-refractivity contribution is 7.80. The number of nitrogens with zero attached hydrogens (tertiary/aromatic N) is 2. The molecule has 1 aromatic carbocycles. The number of rotatable bonds is 4. The molecule has 1 saturated heterocycles. The molecule has 1 aromatic rings. The molecule has 0 radical (unpaired) electrons. The number of hydrogen-bond acceptors (Lipinski definition) is 2. The fourth-order valence-electron chi connectivity index (χ4n) is 2.56. The van der Waals surface area contributed by atoms with Gasteiger partial charge < -0.3 is 20.0 Å². The van der Waals surface area contributed by atoms with Crippen molar-refractivity contribution in [2.24, 2.45) is 0 Å². The van der Waals surface area contributed by atoms with Gasteiger partial charge in [-0.05, 0) is 36.3 Å². The quantitative estimate of drug-likeness (QED) is 0.773. The predicted octanol–water partition coefficient (Wildman–Crippen LogP) is 0.235. The molecule has 6 heteroatoms. The zero-order valence-corrected chi connectivity index (χ0v) is 15.1. The second-order valence-electron chi connectivity index (χ2n) is 6.17. The van der Waals surface area contributed by atoms with Gasteiger partial charge in [0.1, 0.15) is 0 Å². The van der Waals surface area contributed by atoms with E-state index in [4.69, 9.17) is 12.2 Å². The maximum atomic E-state index is 12.3. The van der Waals surface area contributed by atoms with Gasteiger partial charge >= 0.3 is 0 Å². The molecule has 126 valence electrons. The monoisotopic (exact) mass is 335 g/mol. The lowest BCUT2D eigenvalue weighted by Gasteiger charge is -2.31. The Hall–Kier alpha value is -1.66. The highest BCUT2D eigenvalue weighted by Crippen LogP contribution is 2.10. The fourth-order valence-corrected chi connectivity index (χ4v) is 2.74. The Bertz CT molecular complexity index is 538. The maximum Gasteiger partial charge on any atom is 0.242 e. The van der Waals surface area contributed by atoms with Crippen molar-refractivity contribution in [1.82, 2.24) is 9.80 Å². The number of amides is 1. The van der Waals surface area contributed by atoms with Gasteiger partial charge in [-0.2, -0.15) is 0 Å². The summed E-state index contributed by atoms with van der Waals surface area (Å²) >= 11 is 5.40. The summed E-state index contributed by atoms with van der Waals surface area (Å²) in [6, 6.07) is 8.21.